The number of hydrogen-bond acceptors (Lipinski definition) is 4. The van der Waals surface area contributed by atoms with E-state index >= 15 is 0 Å². The molecule has 0 spiro atoms. The number of anilines is 2. The molecule has 0 aliphatic carbocycles. The summed E-state index contributed by atoms with van der Waals surface area (Å²) >= 11 is 0. The van der Waals surface area contributed by atoms with Gasteiger partial charge >= 0.3 is 12.2 Å². The van der Waals surface area contributed by atoms with E-state index in [2.05, 4.69) is 15.4 Å². The fraction of sp³-hybridized carbons (Fsp3) is 0.400. The van der Waals surface area contributed by atoms with Crippen LogP contribution >= 0.6 is 0 Å². The molecule has 0 aromatic carbocycles. The molecular formula is C15H15F3N6O. The molecule has 7 nitrogen and oxygen atoms in total. The van der Waals surface area contributed by atoms with E-state index in [1.165, 1.54) is 12.3 Å². The molecule has 2 aliphatic heterocycles. The van der Waals surface area contributed by atoms with Gasteiger partial charge in [0, 0.05) is 38.6 Å². The second-order valence-electron chi connectivity index (χ2n) is 5.99. The maximum atomic E-state index is 13.1. The Balaban J connectivity index is 1.47. The normalized spacial score (nSPS) is 18.4. The van der Waals surface area contributed by atoms with E-state index in [1.807, 2.05) is 0 Å². The molecule has 10 heteroatoms. The predicted molar refractivity (Wildman–Crippen MR) is 83.5 cm³/mol. The van der Waals surface area contributed by atoms with Crippen LogP contribution in [-0.2, 0) is 6.18 Å². The van der Waals surface area contributed by atoms with Crippen LogP contribution in [0.3, 0.4) is 0 Å². The van der Waals surface area contributed by atoms with Gasteiger partial charge in [-0.25, -0.2) is 9.78 Å². The molecule has 0 saturated carbocycles. The maximum Gasteiger partial charge on any atom is 0.419 e. The number of rotatable bonds is 3. The molecule has 0 bridgehead atoms. The summed E-state index contributed by atoms with van der Waals surface area (Å²) in [5, 5.41) is 6.95. The minimum absolute atomic E-state index is 0.0532. The van der Waals surface area contributed by atoms with Crippen LogP contribution < -0.4 is 15.1 Å². The highest BCUT2D eigenvalue weighted by Gasteiger charge is 2.39. The fourth-order valence-electron chi connectivity index (χ4n) is 3.05. The molecule has 0 radical (unpaired) electrons. The lowest BCUT2D eigenvalue weighted by atomic mass is 10.1. The van der Waals surface area contributed by atoms with Crippen molar-refractivity contribution in [1.82, 2.24) is 20.1 Å². The highest BCUT2D eigenvalue weighted by Crippen LogP contribution is 2.38. The van der Waals surface area contributed by atoms with Gasteiger partial charge in [0.2, 0.25) is 0 Å². The summed E-state index contributed by atoms with van der Waals surface area (Å²) in [5.41, 5.74) is -0.0504. The van der Waals surface area contributed by atoms with Crippen molar-refractivity contribution in [3.05, 3.63) is 36.3 Å². The lowest BCUT2D eigenvalue weighted by Gasteiger charge is -2.40. The first-order chi connectivity index (χ1) is 11.9. The van der Waals surface area contributed by atoms with Gasteiger partial charge in [-0.15, -0.1) is 0 Å². The van der Waals surface area contributed by atoms with E-state index in [1.54, 1.807) is 26.9 Å². The zero-order chi connectivity index (χ0) is 17.6. The van der Waals surface area contributed by atoms with Crippen molar-refractivity contribution >= 4 is 17.5 Å². The molecule has 25 heavy (non-hydrogen) atoms. The number of pyridine rings is 1. The second-order valence-corrected chi connectivity index (χ2v) is 5.99. The number of halogens is 3. The van der Waals surface area contributed by atoms with Crippen LogP contribution in [0.4, 0.5) is 29.5 Å². The predicted octanol–water partition coefficient (Wildman–Crippen LogP) is 1.89. The summed E-state index contributed by atoms with van der Waals surface area (Å²) in [6, 6.07) is 2.10. The Morgan fingerprint density at radius 3 is 2.76 bits per heavy atom. The summed E-state index contributed by atoms with van der Waals surface area (Å²) in [4.78, 5) is 18.7. The number of urea groups is 1. The number of nitrogens with zero attached hydrogens (tertiary/aromatic N) is 5. The van der Waals surface area contributed by atoms with Gasteiger partial charge in [0.15, 0.2) is 0 Å². The minimum Gasteiger partial charge on any atom is -0.352 e. The zero-order valence-corrected chi connectivity index (χ0v) is 13.1. The lowest BCUT2D eigenvalue weighted by molar-refractivity contribution is -0.137. The Hall–Kier alpha value is -2.78. The van der Waals surface area contributed by atoms with E-state index < -0.39 is 11.7 Å². The zero-order valence-electron chi connectivity index (χ0n) is 13.1. The molecule has 2 amide bonds. The molecule has 2 aromatic heterocycles. The van der Waals surface area contributed by atoms with Crippen molar-refractivity contribution in [1.29, 1.82) is 0 Å². The molecular weight excluding hydrogens is 337 g/mol. The van der Waals surface area contributed by atoms with Crippen LogP contribution in [0.15, 0.2) is 30.7 Å². The topological polar surface area (TPSA) is 66.3 Å². The maximum absolute atomic E-state index is 13.1. The first-order valence-electron chi connectivity index (χ1n) is 7.80. The van der Waals surface area contributed by atoms with Gasteiger partial charge in [-0.2, -0.15) is 18.3 Å². The van der Waals surface area contributed by atoms with Crippen LogP contribution in [0.2, 0.25) is 0 Å². The Kier molecular flexibility index (Phi) is 3.55. The second kappa shape index (κ2) is 5.64. The van der Waals surface area contributed by atoms with Gasteiger partial charge in [-0.3, -0.25) is 9.58 Å². The number of alkyl halides is 3. The summed E-state index contributed by atoms with van der Waals surface area (Å²) < 4.78 is 40.9. The van der Waals surface area contributed by atoms with Gasteiger partial charge in [0.25, 0.3) is 0 Å². The van der Waals surface area contributed by atoms with E-state index in [0.29, 0.717) is 31.9 Å². The van der Waals surface area contributed by atoms with Crippen LogP contribution in [-0.4, -0.2) is 47.0 Å². The van der Waals surface area contributed by atoms with Crippen molar-refractivity contribution in [3.8, 4) is 0 Å². The molecule has 0 atom stereocenters. The molecule has 132 valence electrons. The monoisotopic (exact) mass is 352 g/mol. The Bertz CT molecular complexity index is 799. The molecule has 2 aromatic rings. The van der Waals surface area contributed by atoms with E-state index in [-0.39, 0.29) is 17.9 Å². The summed E-state index contributed by atoms with van der Waals surface area (Å²) in [5.74, 6) is -0.0578. The third-order valence-electron chi connectivity index (χ3n) is 4.38. The van der Waals surface area contributed by atoms with Gasteiger partial charge in [0.1, 0.15) is 5.82 Å². The van der Waals surface area contributed by atoms with E-state index in [0.717, 1.165) is 6.07 Å². The number of nitrogens with one attached hydrogen (secondary N) is 1. The first-order valence-corrected chi connectivity index (χ1v) is 7.80. The summed E-state index contributed by atoms with van der Waals surface area (Å²) in [7, 11) is 0. The largest absolute Gasteiger partial charge is 0.419 e. The number of carbonyl (C=O) groups is 1. The van der Waals surface area contributed by atoms with Gasteiger partial charge in [-0.1, -0.05) is 0 Å². The highest BCUT2D eigenvalue weighted by atomic mass is 19.4. The van der Waals surface area contributed by atoms with E-state index in [9.17, 15) is 18.0 Å². The van der Waals surface area contributed by atoms with Crippen LogP contribution in [0, 0.1) is 0 Å². The number of aromatic nitrogens is 3. The van der Waals surface area contributed by atoms with E-state index in [4.69, 9.17) is 0 Å². The van der Waals surface area contributed by atoms with Crippen LogP contribution in [0.25, 0.3) is 0 Å². The first kappa shape index (κ1) is 15.7. The van der Waals surface area contributed by atoms with Gasteiger partial charge in [0.05, 0.1) is 23.5 Å². The van der Waals surface area contributed by atoms with Crippen molar-refractivity contribution in [2.45, 2.75) is 12.2 Å². The highest BCUT2D eigenvalue weighted by molar-refractivity contribution is 5.93. The quantitative estimate of drug-likeness (QED) is 0.916. The SMILES string of the molecule is O=C1NCCN1c1cnn(C2CN(c3ncccc3C(F)(F)F)C2)c1. The lowest BCUT2D eigenvalue weighted by Crippen LogP contribution is -2.49. The fourth-order valence-corrected chi connectivity index (χ4v) is 3.05. The Morgan fingerprint density at radius 1 is 1.28 bits per heavy atom. The third kappa shape index (κ3) is 2.77. The van der Waals surface area contributed by atoms with Crippen molar-refractivity contribution < 1.29 is 18.0 Å². The van der Waals surface area contributed by atoms with Crippen LogP contribution in [0.1, 0.15) is 11.6 Å². The van der Waals surface area contributed by atoms with Crippen molar-refractivity contribution in [3.63, 3.8) is 0 Å². The molecule has 4 rings (SSSR count). The van der Waals surface area contributed by atoms with Crippen molar-refractivity contribution in [2.24, 2.45) is 0 Å². The smallest absolute Gasteiger partial charge is 0.352 e. The van der Waals surface area contributed by atoms with Crippen LogP contribution in [0.5, 0.6) is 0 Å². The minimum atomic E-state index is -4.43. The van der Waals surface area contributed by atoms with Gasteiger partial charge < -0.3 is 10.2 Å². The standard InChI is InChI=1S/C15H15F3N6O/c16-15(17,18)12-2-1-3-19-13(12)22-7-11(8-22)24-9-10(6-21-24)23-5-4-20-14(23)25/h1-3,6,9,11H,4-5,7-8H2,(H,20,25). The number of hydrogen-bond donors (Lipinski definition) is 1. The molecule has 1 N–H and O–H groups in total. The van der Waals surface area contributed by atoms with Crippen molar-refractivity contribution in [2.75, 3.05) is 36.0 Å². The van der Waals surface area contributed by atoms with Gasteiger partial charge in [-0.05, 0) is 12.1 Å². The summed E-state index contributed by atoms with van der Waals surface area (Å²) in [6.07, 6.45) is 0.262. The number of carbonyl (C=O) groups excluding carboxylic acids is 1. The third-order valence-corrected chi connectivity index (χ3v) is 4.38. The number of amides is 2. The Labute approximate surface area is 141 Å². The molecule has 2 aliphatic rings. The average Bonchev–Trinajstić information content (AvgIpc) is 3.14. The molecule has 4 heterocycles. The Morgan fingerprint density at radius 2 is 2.08 bits per heavy atom. The summed E-state index contributed by atoms with van der Waals surface area (Å²) in [6.45, 7) is 1.92. The molecule has 2 fully saturated rings. The molecule has 2 saturated heterocycles. The average molecular weight is 352 g/mol. The molecule has 0 unspecified atom stereocenters.